The van der Waals surface area contributed by atoms with Gasteiger partial charge in [-0.2, -0.15) is 0 Å². The predicted molar refractivity (Wildman–Crippen MR) is 66.6 cm³/mol. The maximum absolute atomic E-state index is 9.48. The molecule has 1 heterocycles. The molecule has 1 aromatic carbocycles. The average Bonchev–Trinajstić information content (AvgIpc) is 2.73. The van der Waals surface area contributed by atoms with Crippen molar-refractivity contribution in [1.82, 2.24) is 5.32 Å². The highest BCUT2D eigenvalue weighted by Gasteiger charge is 2.16. The van der Waals surface area contributed by atoms with Crippen LogP contribution in [0.4, 0.5) is 0 Å². The van der Waals surface area contributed by atoms with Crippen LogP contribution in [0.15, 0.2) is 24.3 Å². The molecule has 0 amide bonds. The van der Waals surface area contributed by atoms with Crippen molar-refractivity contribution < 1.29 is 5.11 Å². The van der Waals surface area contributed by atoms with Gasteiger partial charge in [0, 0.05) is 6.04 Å². The second kappa shape index (κ2) is 5.46. The third kappa shape index (κ3) is 3.06. The highest BCUT2D eigenvalue weighted by molar-refractivity contribution is 5.28. The van der Waals surface area contributed by atoms with E-state index in [9.17, 15) is 5.11 Å². The Bertz CT molecular complexity index is 329. The number of benzene rings is 1. The summed E-state index contributed by atoms with van der Waals surface area (Å²) in [6, 6.07) is 9.11. The van der Waals surface area contributed by atoms with Crippen molar-refractivity contribution in [2.75, 3.05) is 6.54 Å². The van der Waals surface area contributed by atoms with E-state index in [1.807, 2.05) is 6.92 Å². The Labute approximate surface area is 97.7 Å². The first-order valence-corrected chi connectivity index (χ1v) is 6.24. The molecule has 2 N–H and O–H groups in total. The molecule has 16 heavy (non-hydrogen) atoms. The molecule has 2 unspecified atom stereocenters. The summed E-state index contributed by atoms with van der Waals surface area (Å²) in [6.07, 6.45) is 4.19. The standard InChI is InChI=1S/C14H21NO/c1-11(16)9-12-5-2-3-6-13(12)10-14-7-4-8-15-14/h2-3,5-6,11,14-16H,4,7-10H2,1H3. The molecule has 0 spiro atoms. The van der Waals surface area contributed by atoms with Crippen LogP contribution in [0.2, 0.25) is 0 Å². The van der Waals surface area contributed by atoms with E-state index in [0.717, 1.165) is 19.4 Å². The number of hydrogen-bond donors (Lipinski definition) is 2. The fraction of sp³-hybridized carbons (Fsp3) is 0.571. The van der Waals surface area contributed by atoms with Crippen molar-refractivity contribution >= 4 is 0 Å². The topological polar surface area (TPSA) is 32.3 Å². The molecule has 2 heteroatoms. The van der Waals surface area contributed by atoms with Crippen LogP contribution < -0.4 is 5.32 Å². The lowest BCUT2D eigenvalue weighted by molar-refractivity contribution is 0.195. The van der Waals surface area contributed by atoms with Gasteiger partial charge >= 0.3 is 0 Å². The Morgan fingerprint density at radius 3 is 2.75 bits per heavy atom. The molecule has 0 aliphatic carbocycles. The third-order valence-corrected chi connectivity index (χ3v) is 3.26. The van der Waals surface area contributed by atoms with Crippen molar-refractivity contribution in [3.63, 3.8) is 0 Å². The zero-order chi connectivity index (χ0) is 11.4. The Kier molecular flexibility index (Phi) is 3.97. The number of rotatable bonds is 4. The monoisotopic (exact) mass is 219 g/mol. The van der Waals surface area contributed by atoms with Crippen LogP contribution >= 0.6 is 0 Å². The van der Waals surface area contributed by atoms with Gasteiger partial charge in [0.15, 0.2) is 0 Å². The van der Waals surface area contributed by atoms with Gasteiger partial charge in [-0.25, -0.2) is 0 Å². The summed E-state index contributed by atoms with van der Waals surface area (Å²) in [5, 5.41) is 13.0. The Morgan fingerprint density at radius 1 is 1.38 bits per heavy atom. The molecule has 1 aliphatic heterocycles. The zero-order valence-electron chi connectivity index (χ0n) is 9.95. The van der Waals surface area contributed by atoms with Crippen molar-refractivity contribution in [2.24, 2.45) is 0 Å². The van der Waals surface area contributed by atoms with E-state index in [1.54, 1.807) is 0 Å². The van der Waals surface area contributed by atoms with E-state index in [0.29, 0.717) is 6.04 Å². The summed E-state index contributed by atoms with van der Waals surface area (Å²) in [5.74, 6) is 0. The van der Waals surface area contributed by atoms with Crippen molar-refractivity contribution in [2.45, 2.75) is 44.8 Å². The Balaban J connectivity index is 2.06. The first kappa shape index (κ1) is 11.6. The minimum Gasteiger partial charge on any atom is -0.393 e. The number of aliphatic hydroxyl groups excluding tert-OH is 1. The SMILES string of the molecule is CC(O)Cc1ccccc1CC1CCCN1. The predicted octanol–water partition coefficient (Wildman–Crippen LogP) is 1.90. The fourth-order valence-corrected chi connectivity index (χ4v) is 2.47. The van der Waals surface area contributed by atoms with Crippen molar-refractivity contribution in [3.05, 3.63) is 35.4 Å². The second-order valence-corrected chi connectivity index (χ2v) is 4.82. The summed E-state index contributed by atoms with van der Waals surface area (Å²) in [4.78, 5) is 0. The molecule has 2 rings (SSSR count). The highest BCUT2D eigenvalue weighted by atomic mass is 16.3. The molecule has 1 saturated heterocycles. The summed E-state index contributed by atoms with van der Waals surface area (Å²) in [6.45, 7) is 3.01. The minimum atomic E-state index is -0.252. The summed E-state index contributed by atoms with van der Waals surface area (Å²) >= 11 is 0. The lowest BCUT2D eigenvalue weighted by Crippen LogP contribution is -2.24. The molecule has 1 aliphatic rings. The van der Waals surface area contributed by atoms with Crippen LogP contribution in [0.3, 0.4) is 0 Å². The maximum Gasteiger partial charge on any atom is 0.0552 e. The second-order valence-electron chi connectivity index (χ2n) is 4.82. The molecule has 1 fully saturated rings. The number of hydrogen-bond acceptors (Lipinski definition) is 2. The largest absolute Gasteiger partial charge is 0.393 e. The first-order chi connectivity index (χ1) is 7.75. The van der Waals surface area contributed by atoms with E-state index >= 15 is 0 Å². The van der Waals surface area contributed by atoms with Gasteiger partial charge in [-0.3, -0.25) is 0 Å². The fourth-order valence-electron chi connectivity index (χ4n) is 2.47. The first-order valence-electron chi connectivity index (χ1n) is 6.24. The lowest BCUT2D eigenvalue weighted by atomic mass is 9.96. The molecule has 0 saturated carbocycles. The van der Waals surface area contributed by atoms with E-state index < -0.39 is 0 Å². The van der Waals surface area contributed by atoms with Gasteiger partial charge in [0.05, 0.1) is 6.10 Å². The molecular formula is C14H21NO. The van der Waals surface area contributed by atoms with Gasteiger partial charge in [-0.15, -0.1) is 0 Å². The van der Waals surface area contributed by atoms with Gasteiger partial charge in [0.1, 0.15) is 0 Å². The Morgan fingerprint density at radius 2 is 2.12 bits per heavy atom. The van der Waals surface area contributed by atoms with Crippen LogP contribution in [0.25, 0.3) is 0 Å². The van der Waals surface area contributed by atoms with Gasteiger partial charge < -0.3 is 10.4 Å². The van der Waals surface area contributed by atoms with E-state index in [1.165, 1.54) is 24.0 Å². The van der Waals surface area contributed by atoms with Gasteiger partial charge in [-0.05, 0) is 50.3 Å². The van der Waals surface area contributed by atoms with Crippen LogP contribution in [0.1, 0.15) is 30.9 Å². The van der Waals surface area contributed by atoms with E-state index in [-0.39, 0.29) is 6.10 Å². The van der Waals surface area contributed by atoms with Gasteiger partial charge in [0.2, 0.25) is 0 Å². The van der Waals surface area contributed by atoms with Crippen LogP contribution in [-0.4, -0.2) is 23.8 Å². The smallest absolute Gasteiger partial charge is 0.0552 e. The van der Waals surface area contributed by atoms with Crippen molar-refractivity contribution in [1.29, 1.82) is 0 Å². The van der Waals surface area contributed by atoms with Crippen molar-refractivity contribution in [3.8, 4) is 0 Å². The summed E-state index contributed by atoms with van der Waals surface area (Å²) < 4.78 is 0. The quantitative estimate of drug-likeness (QED) is 0.810. The molecule has 2 nitrogen and oxygen atoms in total. The van der Waals surface area contributed by atoms with Crippen LogP contribution in [0, 0.1) is 0 Å². The molecule has 2 atom stereocenters. The minimum absolute atomic E-state index is 0.252. The summed E-state index contributed by atoms with van der Waals surface area (Å²) in [5.41, 5.74) is 2.69. The molecule has 88 valence electrons. The molecule has 0 radical (unpaired) electrons. The van der Waals surface area contributed by atoms with E-state index in [2.05, 4.69) is 29.6 Å². The molecule has 0 bridgehead atoms. The van der Waals surface area contributed by atoms with Gasteiger partial charge in [0.25, 0.3) is 0 Å². The summed E-state index contributed by atoms with van der Waals surface area (Å²) in [7, 11) is 0. The van der Waals surface area contributed by atoms with E-state index in [4.69, 9.17) is 0 Å². The molecule has 0 aromatic heterocycles. The molecular weight excluding hydrogens is 198 g/mol. The molecule has 1 aromatic rings. The Hall–Kier alpha value is -0.860. The average molecular weight is 219 g/mol. The van der Waals surface area contributed by atoms with Crippen LogP contribution in [-0.2, 0) is 12.8 Å². The maximum atomic E-state index is 9.48. The zero-order valence-corrected chi connectivity index (χ0v) is 9.95. The highest BCUT2D eigenvalue weighted by Crippen LogP contribution is 2.17. The number of nitrogens with one attached hydrogen (secondary N) is 1. The number of aliphatic hydroxyl groups is 1. The normalized spacial score (nSPS) is 22.2. The third-order valence-electron chi connectivity index (χ3n) is 3.26. The lowest BCUT2D eigenvalue weighted by Gasteiger charge is -2.15. The van der Waals surface area contributed by atoms with Gasteiger partial charge in [-0.1, -0.05) is 24.3 Å². The van der Waals surface area contributed by atoms with Crippen LogP contribution in [0.5, 0.6) is 0 Å².